The van der Waals surface area contributed by atoms with Crippen LogP contribution < -0.4 is 14.8 Å². The van der Waals surface area contributed by atoms with Crippen molar-refractivity contribution in [3.8, 4) is 11.5 Å². The van der Waals surface area contributed by atoms with Gasteiger partial charge in [0.05, 0.1) is 12.0 Å². The molecule has 36 heavy (non-hydrogen) atoms. The van der Waals surface area contributed by atoms with E-state index in [9.17, 15) is 18.8 Å². The number of amides is 3. The van der Waals surface area contributed by atoms with Crippen molar-refractivity contribution in [3.05, 3.63) is 92.1 Å². The molecule has 1 aliphatic rings. The lowest BCUT2D eigenvalue weighted by molar-refractivity contribution is -0.127. The minimum atomic E-state index is -0.554. The summed E-state index contributed by atoms with van der Waals surface area (Å²) in [5, 5.41) is 2.15. The van der Waals surface area contributed by atoms with Gasteiger partial charge < -0.3 is 14.8 Å². The van der Waals surface area contributed by atoms with E-state index in [-0.39, 0.29) is 23.9 Å². The maximum Gasteiger partial charge on any atom is 0.294 e. The predicted molar refractivity (Wildman–Crippen MR) is 144 cm³/mol. The second kappa shape index (κ2) is 11.6. The molecule has 7 nitrogen and oxygen atoms in total. The highest BCUT2D eigenvalue weighted by molar-refractivity contribution is 14.1. The van der Waals surface area contributed by atoms with Crippen molar-refractivity contribution in [1.29, 1.82) is 0 Å². The van der Waals surface area contributed by atoms with Gasteiger partial charge in [-0.2, -0.15) is 0 Å². The topological polar surface area (TPSA) is 84.9 Å². The molecule has 0 atom stereocenters. The van der Waals surface area contributed by atoms with Crippen molar-refractivity contribution in [1.82, 2.24) is 4.90 Å². The van der Waals surface area contributed by atoms with Crippen LogP contribution in [0.5, 0.6) is 11.5 Å². The van der Waals surface area contributed by atoms with Crippen LogP contribution in [0.1, 0.15) is 11.1 Å². The van der Waals surface area contributed by atoms with Gasteiger partial charge in [0.2, 0.25) is 5.91 Å². The summed E-state index contributed by atoms with van der Waals surface area (Å²) in [5.74, 6) is -0.607. The number of hydrogen-bond donors (Lipinski definition) is 1. The van der Waals surface area contributed by atoms with Crippen LogP contribution in [-0.4, -0.2) is 35.6 Å². The Bertz CT molecular complexity index is 1350. The molecule has 184 valence electrons. The molecule has 1 N–H and O–H groups in total. The Morgan fingerprint density at radius 1 is 1.08 bits per heavy atom. The summed E-state index contributed by atoms with van der Waals surface area (Å²) in [4.78, 5) is 38.7. The van der Waals surface area contributed by atoms with Crippen molar-refractivity contribution >= 4 is 63.2 Å². The molecule has 0 radical (unpaired) electrons. The summed E-state index contributed by atoms with van der Waals surface area (Å²) in [7, 11) is 1.47. The van der Waals surface area contributed by atoms with Gasteiger partial charge >= 0.3 is 0 Å². The fourth-order valence-electron chi connectivity index (χ4n) is 3.33. The lowest BCUT2D eigenvalue weighted by Crippen LogP contribution is -2.36. The zero-order valence-corrected chi connectivity index (χ0v) is 22.0. The van der Waals surface area contributed by atoms with Crippen LogP contribution in [-0.2, 0) is 16.2 Å². The van der Waals surface area contributed by atoms with Gasteiger partial charge in [0.1, 0.15) is 19.0 Å². The van der Waals surface area contributed by atoms with Crippen LogP contribution in [0.2, 0.25) is 0 Å². The van der Waals surface area contributed by atoms with Crippen LogP contribution in [0.15, 0.2) is 71.6 Å². The van der Waals surface area contributed by atoms with Gasteiger partial charge in [0.15, 0.2) is 11.5 Å². The largest absolute Gasteiger partial charge is 0.493 e. The highest BCUT2D eigenvalue weighted by Gasteiger charge is 2.36. The number of benzene rings is 3. The summed E-state index contributed by atoms with van der Waals surface area (Å²) in [6.45, 7) is -0.369. The second-order valence-electron chi connectivity index (χ2n) is 7.61. The van der Waals surface area contributed by atoms with Crippen LogP contribution in [0.4, 0.5) is 14.9 Å². The van der Waals surface area contributed by atoms with Crippen molar-refractivity contribution in [3.63, 3.8) is 0 Å². The number of carbonyl (C=O) groups excluding carboxylic acids is 3. The Balaban J connectivity index is 1.43. The third kappa shape index (κ3) is 6.24. The number of rotatable bonds is 8. The van der Waals surface area contributed by atoms with Crippen molar-refractivity contribution in [2.24, 2.45) is 0 Å². The number of nitrogens with zero attached hydrogens (tertiary/aromatic N) is 1. The second-order valence-corrected chi connectivity index (χ2v) is 9.85. The summed E-state index contributed by atoms with van der Waals surface area (Å²) in [6.07, 6.45) is 1.55. The Kier molecular flexibility index (Phi) is 8.26. The zero-order chi connectivity index (χ0) is 25.7. The van der Waals surface area contributed by atoms with E-state index < -0.39 is 17.1 Å². The number of ether oxygens (including phenoxy) is 2. The highest BCUT2D eigenvalue weighted by atomic mass is 127. The number of thioether (sulfide) groups is 1. The molecule has 0 unspecified atom stereocenters. The molecular formula is C26H20FIN2O5S. The molecule has 0 aromatic heterocycles. The Hall–Kier alpha value is -3.38. The van der Waals surface area contributed by atoms with E-state index >= 15 is 0 Å². The predicted octanol–water partition coefficient (Wildman–Crippen LogP) is 5.69. The lowest BCUT2D eigenvalue weighted by atomic mass is 10.1. The molecule has 1 heterocycles. The van der Waals surface area contributed by atoms with Gasteiger partial charge in [0.25, 0.3) is 11.1 Å². The van der Waals surface area contributed by atoms with E-state index in [2.05, 4.69) is 27.9 Å². The molecular weight excluding hydrogens is 598 g/mol. The molecule has 3 aromatic carbocycles. The summed E-state index contributed by atoms with van der Waals surface area (Å²) in [5.41, 5.74) is 1.58. The van der Waals surface area contributed by atoms with Crippen molar-refractivity contribution < 1.29 is 28.2 Å². The van der Waals surface area contributed by atoms with E-state index in [0.29, 0.717) is 28.3 Å². The fourth-order valence-corrected chi connectivity index (χ4v) is 4.53. The van der Waals surface area contributed by atoms with Crippen LogP contribution in [0.3, 0.4) is 0 Å². The van der Waals surface area contributed by atoms with Gasteiger partial charge in [-0.15, -0.1) is 0 Å². The standard InChI is InChI=1S/C26H20FIN2O5S/c1-34-22-12-16(6-11-21(22)35-15-17-4-2-3-5-20(17)27)13-23-25(32)30(26(33)36-23)14-24(31)29-19-9-7-18(28)8-10-19/h2-13H,14-15H2,1H3,(H,29,31)/b23-13+. The molecule has 3 amide bonds. The van der Waals surface area contributed by atoms with Gasteiger partial charge in [0, 0.05) is 14.8 Å². The van der Waals surface area contributed by atoms with Crippen LogP contribution in [0.25, 0.3) is 6.08 Å². The van der Waals surface area contributed by atoms with Gasteiger partial charge in [-0.25, -0.2) is 4.39 Å². The number of anilines is 1. The molecule has 0 bridgehead atoms. The van der Waals surface area contributed by atoms with Gasteiger partial charge in [-0.3, -0.25) is 19.3 Å². The zero-order valence-electron chi connectivity index (χ0n) is 19.0. The average molecular weight is 618 g/mol. The molecule has 0 saturated carbocycles. The van der Waals surface area contributed by atoms with Crippen molar-refractivity contribution in [2.45, 2.75) is 6.61 Å². The number of halogens is 2. The van der Waals surface area contributed by atoms with E-state index in [0.717, 1.165) is 20.2 Å². The lowest BCUT2D eigenvalue weighted by Gasteiger charge is -2.13. The minimum absolute atomic E-state index is 0.0194. The first-order valence-corrected chi connectivity index (χ1v) is 12.6. The number of hydrogen-bond acceptors (Lipinski definition) is 6. The van der Waals surface area contributed by atoms with E-state index in [1.807, 2.05) is 12.1 Å². The highest BCUT2D eigenvalue weighted by Crippen LogP contribution is 2.35. The Morgan fingerprint density at radius 3 is 2.56 bits per heavy atom. The molecule has 1 fully saturated rings. The molecule has 0 aliphatic carbocycles. The van der Waals surface area contributed by atoms with Crippen LogP contribution >= 0.6 is 34.4 Å². The maximum atomic E-state index is 13.9. The Morgan fingerprint density at radius 2 is 1.83 bits per heavy atom. The third-order valence-electron chi connectivity index (χ3n) is 5.13. The smallest absolute Gasteiger partial charge is 0.294 e. The quantitative estimate of drug-likeness (QED) is 0.258. The molecule has 3 aromatic rings. The van der Waals surface area contributed by atoms with Gasteiger partial charge in [-0.05, 0) is 88.5 Å². The molecule has 4 rings (SSSR count). The maximum absolute atomic E-state index is 13.9. The Labute approximate surface area is 224 Å². The first kappa shape index (κ1) is 25.7. The normalized spacial score (nSPS) is 14.3. The van der Waals surface area contributed by atoms with Gasteiger partial charge in [-0.1, -0.05) is 24.3 Å². The first-order chi connectivity index (χ1) is 17.3. The summed E-state index contributed by atoms with van der Waals surface area (Å²) < 4.78 is 26.0. The average Bonchev–Trinajstić information content (AvgIpc) is 3.12. The van der Waals surface area contributed by atoms with Crippen LogP contribution in [0, 0.1) is 9.39 Å². The first-order valence-electron chi connectivity index (χ1n) is 10.7. The van der Waals surface area contributed by atoms with Crippen molar-refractivity contribution in [2.75, 3.05) is 19.0 Å². The summed E-state index contributed by atoms with van der Waals surface area (Å²) >= 11 is 2.91. The minimum Gasteiger partial charge on any atom is -0.493 e. The molecule has 0 spiro atoms. The van der Waals surface area contributed by atoms with E-state index in [4.69, 9.17) is 9.47 Å². The van der Waals surface area contributed by atoms with E-state index in [1.54, 1.807) is 54.6 Å². The molecule has 1 aliphatic heterocycles. The number of carbonyl (C=O) groups is 3. The molecule has 10 heteroatoms. The SMILES string of the molecule is COc1cc(/C=C2/SC(=O)N(CC(=O)Nc3ccc(I)cc3)C2=O)ccc1OCc1ccccc1F. The fraction of sp³-hybridized carbons (Fsp3) is 0.115. The monoisotopic (exact) mass is 618 g/mol. The summed E-state index contributed by atoms with van der Waals surface area (Å²) in [6, 6.07) is 18.5. The number of methoxy groups -OCH3 is 1. The third-order valence-corrected chi connectivity index (χ3v) is 6.76. The van der Waals surface area contributed by atoms with E-state index in [1.165, 1.54) is 13.2 Å². The number of imide groups is 1. The molecule has 1 saturated heterocycles. The number of nitrogens with one attached hydrogen (secondary N) is 1.